The Morgan fingerprint density at radius 3 is 2.52 bits per heavy atom. The summed E-state index contributed by atoms with van der Waals surface area (Å²) in [6.07, 6.45) is 2.09. The van der Waals surface area contributed by atoms with Gasteiger partial charge in [0.15, 0.2) is 17.5 Å². The summed E-state index contributed by atoms with van der Waals surface area (Å²) in [6, 6.07) is 15.8. The lowest BCUT2D eigenvalue weighted by Crippen LogP contribution is -2.37. The lowest BCUT2D eigenvalue weighted by atomic mass is 10.1. The summed E-state index contributed by atoms with van der Waals surface area (Å²) in [5.41, 5.74) is 2.34. The summed E-state index contributed by atoms with van der Waals surface area (Å²) in [6.45, 7) is 6.66. The van der Waals surface area contributed by atoms with Crippen LogP contribution in [-0.4, -0.2) is 30.8 Å². The predicted molar refractivity (Wildman–Crippen MR) is 122 cm³/mol. The van der Waals surface area contributed by atoms with Crippen molar-refractivity contribution in [2.75, 3.05) is 19.7 Å². The van der Waals surface area contributed by atoms with E-state index in [9.17, 15) is 5.11 Å². The van der Waals surface area contributed by atoms with Crippen LogP contribution in [0.2, 0.25) is 0 Å². The van der Waals surface area contributed by atoms with E-state index in [-0.39, 0.29) is 29.7 Å². The molecular formula is C21H30IN3O2. The monoisotopic (exact) mass is 483 g/mol. The van der Waals surface area contributed by atoms with Crippen LogP contribution < -0.4 is 15.4 Å². The van der Waals surface area contributed by atoms with Gasteiger partial charge in [0.05, 0.1) is 13.2 Å². The molecule has 0 unspecified atom stereocenters. The van der Waals surface area contributed by atoms with Gasteiger partial charge in [0, 0.05) is 13.1 Å². The molecule has 3 N–H and O–H groups in total. The molecule has 0 aromatic heterocycles. The van der Waals surface area contributed by atoms with Crippen LogP contribution in [0.5, 0.6) is 11.5 Å². The van der Waals surface area contributed by atoms with Gasteiger partial charge in [0.25, 0.3) is 0 Å². The third-order valence-electron chi connectivity index (χ3n) is 3.87. The van der Waals surface area contributed by atoms with Gasteiger partial charge >= 0.3 is 0 Å². The maximum absolute atomic E-state index is 9.78. The molecule has 0 atom stereocenters. The fourth-order valence-corrected chi connectivity index (χ4v) is 2.58. The highest BCUT2D eigenvalue weighted by Gasteiger charge is 2.04. The van der Waals surface area contributed by atoms with Crippen molar-refractivity contribution in [3.05, 3.63) is 59.7 Å². The predicted octanol–water partition coefficient (Wildman–Crippen LogP) is 4.10. The summed E-state index contributed by atoms with van der Waals surface area (Å²) >= 11 is 0. The Morgan fingerprint density at radius 1 is 1.04 bits per heavy atom. The molecule has 2 aromatic rings. The lowest BCUT2D eigenvalue weighted by molar-refractivity contribution is 0.318. The first-order chi connectivity index (χ1) is 12.7. The molecule has 0 saturated carbocycles. The van der Waals surface area contributed by atoms with Gasteiger partial charge in [-0.2, -0.15) is 0 Å². The number of nitrogens with one attached hydrogen (secondary N) is 2. The molecule has 0 radical (unpaired) electrons. The minimum absolute atomic E-state index is 0. The lowest BCUT2D eigenvalue weighted by Gasteiger charge is -2.12. The van der Waals surface area contributed by atoms with E-state index in [4.69, 9.17) is 4.74 Å². The van der Waals surface area contributed by atoms with E-state index in [0.717, 1.165) is 37.5 Å². The SMILES string of the molecule is CCNC(=NCc1ccc(O)c(OCC)c1)NCCCc1ccccc1.I. The highest BCUT2D eigenvalue weighted by Crippen LogP contribution is 2.27. The Kier molecular flexibility index (Phi) is 11.3. The van der Waals surface area contributed by atoms with Crippen LogP contribution in [0.3, 0.4) is 0 Å². The Hall–Kier alpha value is -1.96. The molecule has 0 aliphatic heterocycles. The average molecular weight is 483 g/mol. The average Bonchev–Trinajstić information content (AvgIpc) is 2.66. The number of ether oxygens (including phenoxy) is 1. The number of nitrogens with zero attached hydrogens (tertiary/aromatic N) is 1. The molecular weight excluding hydrogens is 453 g/mol. The second-order valence-electron chi connectivity index (χ2n) is 5.95. The van der Waals surface area contributed by atoms with Crippen LogP contribution in [0.1, 0.15) is 31.4 Å². The quantitative estimate of drug-likeness (QED) is 0.218. The van der Waals surface area contributed by atoms with Crippen LogP contribution in [0.15, 0.2) is 53.5 Å². The van der Waals surface area contributed by atoms with E-state index in [1.807, 2.05) is 25.1 Å². The molecule has 5 nitrogen and oxygen atoms in total. The maximum Gasteiger partial charge on any atom is 0.191 e. The van der Waals surface area contributed by atoms with Gasteiger partial charge in [0.2, 0.25) is 0 Å². The number of phenolic OH excluding ortho intramolecular Hbond substituents is 1. The molecule has 0 aliphatic carbocycles. The van der Waals surface area contributed by atoms with Gasteiger partial charge in [-0.3, -0.25) is 0 Å². The van der Waals surface area contributed by atoms with E-state index in [0.29, 0.717) is 18.9 Å². The van der Waals surface area contributed by atoms with Gasteiger partial charge in [-0.15, -0.1) is 24.0 Å². The van der Waals surface area contributed by atoms with Crippen molar-refractivity contribution in [2.45, 2.75) is 33.2 Å². The van der Waals surface area contributed by atoms with Crippen molar-refractivity contribution in [1.82, 2.24) is 10.6 Å². The molecule has 0 aliphatic rings. The zero-order chi connectivity index (χ0) is 18.6. The number of guanidine groups is 1. The molecule has 6 heteroatoms. The molecule has 0 saturated heterocycles. The van der Waals surface area contributed by atoms with E-state index in [1.54, 1.807) is 6.07 Å². The summed E-state index contributed by atoms with van der Waals surface area (Å²) < 4.78 is 5.42. The Bertz CT molecular complexity index is 693. The van der Waals surface area contributed by atoms with Crippen LogP contribution in [-0.2, 0) is 13.0 Å². The number of rotatable bonds is 9. The van der Waals surface area contributed by atoms with Crippen LogP contribution in [0.4, 0.5) is 0 Å². The standard InChI is InChI=1S/C21H29N3O2.HI/c1-3-22-21(23-14-8-11-17-9-6-5-7-10-17)24-16-18-12-13-19(25)20(15-18)26-4-2;/h5-7,9-10,12-13,15,25H,3-4,8,11,14,16H2,1-2H3,(H2,22,23,24);1H. The van der Waals surface area contributed by atoms with E-state index in [2.05, 4.69) is 46.8 Å². The summed E-state index contributed by atoms with van der Waals surface area (Å²) in [7, 11) is 0. The molecule has 2 aromatic carbocycles. The summed E-state index contributed by atoms with van der Waals surface area (Å²) in [4.78, 5) is 4.62. The number of benzene rings is 2. The van der Waals surface area contributed by atoms with Crippen molar-refractivity contribution in [1.29, 1.82) is 0 Å². The van der Waals surface area contributed by atoms with Crippen molar-refractivity contribution < 1.29 is 9.84 Å². The van der Waals surface area contributed by atoms with Gasteiger partial charge in [0.1, 0.15) is 0 Å². The van der Waals surface area contributed by atoms with E-state index < -0.39 is 0 Å². The third-order valence-corrected chi connectivity index (χ3v) is 3.87. The van der Waals surface area contributed by atoms with Crippen molar-refractivity contribution >= 4 is 29.9 Å². The first kappa shape index (κ1) is 23.1. The first-order valence-electron chi connectivity index (χ1n) is 9.23. The zero-order valence-electron chi connectivity index (χ0n) is 16.1. The molecule has 0 bridgehead atoms. The van der Waals surface area contributed by atoms with Crippen LogP contribution in [0.25, 0.3) is 0 Å². The minimum Gasteiger partial charge on any atom is -0.504 e. The summed E-state index contributed by atoms with van der Waals surface area (Å²) in [5.74, 6) is 1.46. The van der Waals surface area contributed by atoms with E-state index >= 15 is 0 Å². The summed E-state index contributed by atoms with van der Waals surface area (Å²) in [5, 5.41) is 16.4. The minimum atomic E-state index is 0. The highest BCUT2D eigenvalue weighted by atomic mass is 127. The number of halogens is 1. The largest absolute Gasteiger partial charge is 0.504 e. The fourth-order valence-electron chi connectivity index (χ4n) is 2.58. The molecule has 148 valence electrons. The second kappa shape index (κ2) is 13.2. The fraction of sp³-hybridized carbons (Fsp3) is 0.381. The molecule has 0 spiro atoms. The van der Waals surface area contributed by atoms with Gasteiger partial charge in [-0.1, -0.05) is 36.4 Å². The highest BCUT2D eigenvalue weighted by molar-refractivity contribution is 14.0. The molecule has 0 heterocycles. The van der Waals surface area contributed by atoms with Crippen molar-refractivity contribution in [3.63, 3.8) is 0 Å². The zero-order valence-corrected chi connectivity index (χ0v) is 18.4. The van der Waals surface area contributed by atoms with Gasteiger partial charge in [-0.05, 0) is 49.9 Å². The number of hydrogen-bond acceptors (Lipinski definition) is 3. The molecule has 27 heavy (non-hydrogen) atoms. The first-order valence-corrected chi connectivity index (χ1v) is 9.23. The van der Waals surface area contributed by atoms with Crippen molar-refractivity contribution in [2.24, 2.45) is 4.99 Å². The topological polar surface area (TPSA) is 65.9 Å². The Labute approximate surface area is 179 Å². The van der Waals surface area contributed by atoms with E-state index in [1.165, 1.54) is 5.56 Å². The number of hydrogen-bond donors (Lipinski definition) is 3. The Morgan fingerprint density at radius 2 is 1.81 bits per heavy atom. The Balaban J connectivity index is 0.00000364. The second-order valence-corrected chi connectivity index (χ2v) is 5.95. The molecule has 0 fully saturated rings. The third kappa shape index (κ3) is 8.51. The number of aliphatic imine (C=N–C) groups is 1. The molecule has 0 amide bonds. The van der Waals surface area contributed by atoms with Gasteiger partial charge in [-0.25, -0.2) is 4.99 Å². The number of aryl methyl sites for hydroxylation is 1. The maximum atomic E-state index is 9.78. The van der Waals surface area contributed by atoms with Crippen molar-refractivity contribution in [3.8, 4) is 11.5 Å². The number of phenols is 1. The normalized spacial score (nSPS) is 10.8. The molecule has 2 rings (SSSR count). The van der Waals surface area contributed by atoms with Gasteiger partial charge < -0.3 is 20.5 Å². The van der Waals surface area contributed by atoms with Crippen LogP contribution >= 0.6 is 24.0 Å². The van der Waals surface area contributed by atoms with Crippen LogP contribution in [0, 0.1) is 0 Å². The number of aromatic hydroxyl groups is 1. The smallest absolute Gasteiger partial charge is 0.191 e.